The van der Waals surface area contributed by atoms with Crippen LogP contribution in [0.3, 0.4) is 0 Å². The fourth-order valence-electron chi connectivity index (χ4n) is 1.86. The van der Waals surface area contributed by atoms with E-state index in [1.165, 1.54) is 6.07 Å². The molecule has 0 aliphatic heterocycles. The number of anilines is 1. The van der Waals surface area contributed by atoms with Crippen LogP contribution in [0.4, 0.5) is 5.69 Å². The lowest BCUT2D eigenvalue weighted by Crippen LogP contribution is -2.12. The van der Waals surface area contributed by atoms with E-state index in [1.807, 2.05) is 19.1 Å². The van der Waals surface area contributed by atoms with Crippen LogP contribution in [0.5, 0.6) is 0 Å². The van der Waals surface area contributed by atoms with Crippen molar-refractivity contribution in [3.05, 3.63) is 47.9 Å². The second-order valence-electron chi connectivity index (χ2n) is 4.67. The zero-order chi connectivity index (χ0) is 15.7. The Kier molecular flexibility index (Phi) is 3.71. The Morgan fingerprint density at radius 1 is 1.09 bits per heavy atom. The summed E-state index contributed by atoms with van der Waals surface area (Å²) in [4.78, 5) is 0.616. The van der Waals surface area contributed by atoms with Gasteiger partial charge in [-0.05, 0) is 30.7 Å². The van der Waals surface area contributed by atoms with Gasteiger partial charge in [-0.3, -0.25) is 4.72 Å². The largest absolute Gasteiger partial charge is 0.420 e. The molecule has 0 saturated heterocycles. The van der Waals surface area contributed by atoms with Crippen molar-refractivity contribution in [3.63, 3.8) is 0 Å². The molecule has 1 N–H and O–H groups in total. The minimum absolute atomic E-state index is 0.196. The van der Waals surface area contributed by atoms with E-state index in [9.17, 15) is 8.42 Å². The molecule has 0 amide bonds. The molecule has 2 aromatic heterocycles. The molecule has 0 saturated carbocycles. The zero-order valence-electron chi connectivity index (χ0n) is 11.9. The summed E-state index contributed by atoms with van der Waals surface area (Å²) < 4.78 is 33.0. The van der Waals surface area contributed by atoms with Crippen molar-refractivity contribution >= 4 is 27.0 Å². The molecule has 3 rings (SSSR count). The van der Waals surface area contributed by atoms with Gasteiger partial charge in [-0.1, -0.05) is 18.2 Å². The normalized spacial score (nSPS) is 11.5. The molecule has 0 atom stereocenters. The van der Waals surface area contributed by atoms with E-state index in [-0.39, 0.29) is 4.21 Å². The van der Waals surface area contributed by atoms with Gasteiger partial charge in [-0.15, -0.1) is 21.5 Å². The van der Waals surface area contributed by atoms with Gasteiger partial charge in [0.1, 0.15) is 4.21 Å². The Labute approximate surface area is 131 Å². The Hall–Kier alpha value is -2.19. The minimum atomic E-state index is -3.64. The first kappa shape index (κ1) is 14.7. The van der Waals surface area contributed by atoms with Crippen LogP contribution in [-0.4, -0.2) is 18.6 Å². The molecule has 114 valence electrons. The first-order valence-electron chi connectivity index (χ1n) is 6.44. The maximum Gasteiger partial charge on any atom is 0.271 e. The monoisotopic (exact) mass is 335 g/mol. The van der Waals surface area contributed by atoms with Crippen LogP contribution in [0, 0.1) is 13.8 Å². The van der Waals surface area contributed by atoms with Gasteiger partial charge in [0.15, 0.2) is 0 Å². The summed E-state index contributed by atoms with van der Waals surface area (Å²) in [6.07, 6.45) is 0. The average Bonchev–Trinajstić information content (AvgIpc) is 3.10. The number of rotatable bonds is 4. The molecule has 0 aliphatic carbocycles. The maximum atomic E-state index is 12.4. The number of aromatic nitrogens is 2. The first-order valence-corrected chi connectivity index (χ1v) is 8.74. The van der Waals surface area contributed by atoms with Crippen LogP contribution in [0.1, 0.15) is 11.5 Å². The topological polar surface area (TPSA) is 85.1 Å². The predicted octanol–water partition coefficient (Wildman–Crippen LogP) is 3.22. The molecule has 0 unspecified atom stereocenters. The van der Waals surface area contributed by atoms with E-state index in [4.69, 9.17) is 4.42 Å². The van der Waals surface area contributed by atoms with E-state index in [0.29, 0.717) is 22.3 Å². The van der Waals surface area contributed by atoms with E-state index < -0.39 is 10.0 Å². The van der Waals surface area contributed by atoms with Gasteiger partial charge < -0.3 is 4.42 Å². The summed E-state index contributed by atoms with van der Waals surface area (Å²) in [6.45, 7) is 3.53. The van der Waals surface area contributed by atoms with E-state index in [1.54, 1.807) is 25.1 Å². The quantitative estimate of drug-likeness (QED) is 0.791. The second kappa shape index (κ2) is 5.54. The molecule has 8 heteroatoms. The summed E-state index contributed by atoms with van der Waals surface area (Å²) in [5.74, 6) is 0.755. The highest BCUT2D eigenvalue weighted by molar-refractivity contribution is 7.94. The molecule has 22 heavy (non-hydrogen) atoms. The fourth-order valence-corrected chi connectivity index (χ4v) is 4.22. The number of sulfonamides is 1. The Morgan fingerprint density at radius 3 is 2.55 bits per heavy atom. The number of benzene rings is 1. The summed E-state index contributed by atoms with van der Waals surface area (Å²) >= 11 is 1.08. The zero-order valence-corrected chi connectivity index (χ0v) is 13.5. The van der Waals surface area contributed by atoms with Crippen molar-refractivity contribution in [1.82, 2.24) is 10.2 Å². The Balaban J connectivity index is 1.90. The predicted molar refractivity (Wildman–Crippen MR) is 84.3 cm³/mol. The highest BCUT2D eigenvalue weighted by Gasteiger charge is 2.19. The van der Waals surface area contributed by atoms with Gasteiger partial charge in [0.05, 0.1) is 10.6 Å². The van der Waals surface area contributed by atoms with Crippen molar-refractivity contribution in [2.24, 2.45) is 0 Å². The summed E-state index contributed by atoms with van der Waals surface area (Å²) in [5, 5.41) is 7.63. The highest BCUT2D eigenvalue weighted by Crippen LogP contribution is 2.31. The van der Waals surface area contributed by atoms with Crippen LogP contribution < -0.4 is 4.72 Å². The third-order valence-corrected chi connectivity index (χ3v) is 5.90. The molecule has 0 radical (unpaired) electrons. The number of thiophene rings is 1. The van der Waals surface area contributed by atoms with Crippen LogP contribution in [0.25, 0.3) is 10.8 Å². The maximum absolute atomic E-state index is 12.4. The molecular formula is C14H13N3O3S2. The lowest BCUT2D eigenvalue weighted by Gasteiger charge is -2.08. The van der Waals surface area contributed by atoms with Gasteiger partial charge in [-0.25, -0.2) is 8.42 Å². The van der Waals surface area contributed by atoms with E-state index in [2.05, 4.69) is 14.9 Å². The molecule has 3 aromatic rings. The van der Waals surface area contributed by atoms with Crippen molar-refractivity contribution in [2.45, 2.75) is 18.1 Å². The molecule has 0 bridgehead atoms. The van der Waals surface area contributed by atoms with Crippen molar-refractivity contribution in [1.29, 1.82) is 0 Å². The average molecular weight is 335 g/mol. The van der Waals surface area contributed by atoms with Gasteiger partial charge in [-0.2, -0.15) is 0 Å². The summed E-state index contributed by atoms with van der Waals surface area (Å²) in [5.41, 5.74) is 1.42. The molecule has 1 aromatic carbocycles. The third-order valence-electron chi connectivity index (χ3n) is 2.97. The van der Waals surface area contributed by atoms with Gasteiger partial charge in [0, 0.05) is 6.92 Å². The van der Waals surface area contributed by atoms with Crippen molar-refractivity contribution < 1.29 is 12.8 Å². The number of para-hydroxylation sites is 1. The SMILES string of the molecule is Cc1nnc(-c2ccc(S(=O)(=O)Nc3ccccc3C)s2)o1. The van der Waals surface area contributed by atoms with Gasteiger partial charge in [0.25, 0.3) is 15.9 Å². The number of nitrogens with zero attached hydrogens (tertiary/aromatic N) is 2. The summed E-state index contributed by atoms with van der Waals surface area (Å²) in [6, 6.07) is 10.4. The van der Waals surface area contributed by atoms with Crippen molar-refractivity contribution in [2.75, 3.05) is 4.72 Å². The second-order valence-corrected chi connectivity index (χ2v) is 7.66. The smallest absolute Gasteiger partial charge is 0.271 e. The van der Waals surface area contributed by atoms with Gasteiger partial charge >= 0.3 is 0 Å². The number of nitrogens with one attached hydrogen (secondary N) is 1. The van der Waals surface area contributed by atoms with E-state index >= 15 is 0 Å². The molecule has 0 aliphatic rings. The molecular weight excluding hydrogens is 322 g/mol. The van der Waals surface area contributed by atoms with E-state index in [0.717, 1.165) is 16.9 Å². The molecule has 2 heterocycles. The number of aryl methyl sites for hydroxylation is 2. The number of hydrogen-bond donors (Lipinski definition) is 1. The number of hydrogen-bond acceptors (Lipinski definition) is 6. The summed E-state index contributed by atoms with van der Waals surface area (Å²) in [7, 11) is -3.64. The molecule has 6 nitrogen and oxygen atoms in total. The van der Waals surface area contributed by atoms with Gasteiger partial charge in [0.2, 0.25) is 5.89 Å². The van der Waals surface area contributed by atoms with Crippen molar-refractivity contribution in [3.8, 4) is 10.8 Å². The van der Waals surface area contributed by atoms with Crippen LogP contribution >= 0.6 is 11.3 Å². The molecule has 0 spiro atoms. The van der Waals surface area contributed by atoms with Crippen LogP contribution in [0.2, 0.25) is 0 Å². The lowest BCUT2D eigenvalue weighted by molar-refractivity contribution is 0.534. The van der Waals surface area contributed by atoms with Crippen LogP contribution in [-0.2, 0) is 10.0 Å². The first-order chi connectivity index (χ1) is 10.5. The molecule has 0 fully saturated rings. The highest BCUT2D eigenvalue weighted by atomic mass is 32.2. The third kappa shape index (κ3) is 2.88. The minimum Gasteiger partial charge on any atom is -0.420 e. The Morgan fingerprint density at radius 2 is 1.86 bits per heavy atom. The van der Waals surface area contributed by atoms with Crippen LogP contribution in [0.15, 0.2) is 45.0 Å². The lowest BCUT2D eigenvalue weighted by atomic mass is 10.2. The standard InChI is InChI=1S/C14H13N3O3S2/c1-9-5-3-4-6-11(9)17-22(18,19)13-8-7-12(21-13)14-16-15-10(2)20-14/h3-8,17H,1-2H3. The fraction of sp³-hybridized carbons (Fsp3) is 0.143. The Bertz CT molecular complexity index is 913.